The summed E-state index contributed by atoms with van der Waals surface area (Å²) < 4.78 is 0. The van der Waals surface area contributed by atoms with Gasteiger partial charge in [0, 0.05) is 20.4 Å². The van der Waals surface area contributed by atoms with Gasteiger partial charge >= 0.3 is 0 Å². The van der Waals surface area contributed by atoms with Gasteiger partial charge < -0.3 is 38.3 Å². The molecule has 0 rings (SSSR count). The summed E-state index contributed by atoms with van der Waals surface area (Å²) >= 11 is 0. The molecular weight excluding hydrogens is 218 g/mol. The number of rotatable bonds is 0. The van der Waals surface area contributed by atoms with E-state index in [1.165, 1.54) is 0 Å². The van der Waals surface area contributed by atoms with E-state index >= 15 is 0 Å². The van der Waals surface area contributed by atoms with Crippen LogP contribution in [0.5, 0.6) is 0 Å². The zero-order valence-corrected chi connectivity index (χ0v) is 5.37. The van der Waals surface area contributed by atoms with Crippen molar-refractivity contribution < 1.29 is 58.8 Å². The first kappa shape index (κ1) is 3130. The van der Waals surface area contributed by atoms with Gasteiger partial charge in [-0.2, -0.15) is 0 Å². The molecule has 7 nitrogen and oxygen atoms in total. The van der Waals surface area contributed by atoms with E-state index in [0.29, 0.717) is 0 Å². The Morgan fingerprint density at radius 1 is 0.250 bits per heavy atom. The van der Waals surface area contributed by atoms with E-state index in [4.69, 9.17) is 0 Å². The Morgan fingerprint density at radius 3 is 0.250 bits per heavy atom. The topological polar surface area (TPSA) is 220 Å². The molecule has 0 radical (unpaired) electrons. The molecule has 0 atom stereocenters. The summed E-state index contributed by atoms with van der Waals surface area (Å²) in [5.41, 5.74) is 0. The fourth-order valence-corrected chi connectivity index (χ4v) is 0. The summed E-state index contributed by atoms with van der Waals surface area (Å²) in [5.74, 6) is 0. The first-order valence-electron chi connectivity index (χ1n) is 0. The minimum absolute atomic E-state index is 0. The van der Waals surface area contributed by atoms with Crippen molar-refractivity contribution in [3.8, 4) is 0 Å². The van der Waals surface area contributed by atoms with Crippen molar-refractivity contribution in [3.05, 3.63) is 0 Å². The molecular formula is H14O7Pd. The standard InChI is InChI=1S/7H2O.Pd/h7*1H2;. The predicted molar refractivity (Wildman–Crippen MR) is 25.3 cm³/mol. The summed E-state index contributed by atoms with van der Waals surface area (Å²) in [4.78, 5) is 0. The summed E-state index contributed by atoms with van der Waals surface area (Å²) in [6, 6.07) is 0. The molecule has 0 aliphatic carbocycles. The van der Waals surface area contributed by atoms with Crippen LogP contribution in [-0.2, 0) is 20.4 Å². The minimum atomic E-state index is 0. The van der Waals surface area contributed by atoms with Gasteiger partial charge in [0.05, 0.1) is 0 Å². The van der Waals surface area contributed by atoms with Gasteiger partial charge in [0.15, 0.2) is 0 Å². The van der Waals surface area contributed by atoms with Crippen LogP contribution in [0.4, 0.5) is 0 Å². The molecule has 0 aliphatic heterocycles. The Kier molecular flexibility index (Phi) is 804000. The third-order valence-corrected chi connectivity index (χ3v) is 0. The molecule has 0 aliphatic rings. The Labute approximate surface area is 59.5 Å². The molecule has 0 heterocycles. The Bertz CT molecular complexity index is 4.35. The maximum Gasteiger partial charge on any atom is 0 e. The molecule has 0 aromatic heterocycles. The summed E-state index contributed by atoms with van der Waals surface area (Å²) in [5, 5.41) is 0. The predicted octanol–water partition coefficient (Wildman–Crippen LogP) is -5.78. The van der Waals surface area contributed by atoms with Crippen LogP contribution in [0.1, 0.15) is 0 Å². The van der Waals surface area contributed by atoms with Crippen molar-refractivity contribution in [1.29, 1.82) is 0 Å². The van der Waals surface area contributed by atoms with Crippen molar-refractivity contribution >= 4 is 0 Å². The number of hydrogen-bond acceptors (Lipinski definition) is 0. The molecule has 0 fully saturated rings. The molecule has 14 N–H and O–H groups in total. The average molecular weight is 233 g/mol. The zero-order chi connectivity index (χ0) is 0. The first-order valence-corrected chi connectivity index (χ1v) is 0. The third kappa shape index (κ3) is 1260. The number of hydrogen-bond donors (Lipinski definition) is 0. The fourth-order valence-electron chi connectivity index (χ4n) is 0. The van der Waals surface area contributed by atoms with Gasteiger partial charge in [-0.25, -0.2) is 0 Å². The van der Waals surface area contributed by atoms with Crippen LogP contribution in [0, 0.1) is 0 Å². The van der Waals surface area contributed by atoms with E-state index < -0.39 is 0 Å². The zero-order valence-electron chi connectivity index (χ0n) is 3.82. The molecule has 0 amide bonds. The van der Waals surface area contributed by atoms with E-state index in [-0.39, 0.29) is 58.8 Å². The van der Waals surface area contributed by atoms with Crippen LogP contribution in [0.25, 0.3) is 0 Å². The summed E-state index contributed by atoms with van der Waals surface area (Å²) in [7, 11) is 0. The molecule has 8 heavy (non-hydrogen) atoms. The van der Waals surface area contributed by atoms with Crippen molar-refractivity contribution in [2.24, 2.45) is 0 Å². The van der Waals surface area contributed by atoms with Gasteiger partial charge in [-0.15, -0.1) is 0 Å². The first-order chi connectivity index (χ1) is 0. The second-order valence-electron chi connectivity index (χ2n) is 0. The Balaban J connectivity index is 0. The van der Waals surface area contributed by atoms with Crippen molar-refractivity contribution in [3.63, 3.8) is 0 Å². The molecule has 0 saturated carbocycles. The molecule has 8 heteroatoms. The molecule has 0 unspecified atom stereocenters. The molecule has 0 saturated heterocycles. The largest absolute Gasteiger partial charge is 0.412 e. The second-order valence-corrected chi connectivity index (χ2v) is 0. The van der Waals surface area contributed by atoms with E-state index in [9.17, 15) is 0 Å². The van der Waals surface area contributed by atoms with E-state index in [1.807, 2.05) is 0 Å². The summed E-state index contributed by atoms with van der Waals surface area (Å²) in [6.07, 6.45) is 0. The maximum atomic E-state index is 0. The molecule has 66 valence electrons. The van der Waals surface area contributed by atoms with Crippen LogP contribution in [0.2, 0.25) is 0 Å². The normalized spacial score (nSPS) is 0. The van der Waals surface area contributed by atoms with Crippen molar-refractivity contribution in [2.45, 2.75) is 0 Å². The van der Waals surface area contributed by atoms with Crippen molar-refractivity contribution in [1.82, 2.24) is 0 Å². The van der Waals surface area contributed by atoms with Gasteiger partial charge in [-0.1, -0.05) is 0 Å². The average Bonchev–Trinajstić information content (AvgIpc) is 0. The van der Waals surface area contributed by atoms with Gasteiger partial charge in [0.1, 0.15) is 0 Å². The second kappa shape index (κ2) is 2060. The maximum absolute atomic E-state index is 0. The van der Waals surface area contributed by atoms with E-state index in [2.05, 4.69) is 0 Å². The van der Waals surface area contributed by atoms with Crippen LogP contribution in [-0.4, -0.2) is 38.3 Å². The molecule has 0 bridgehead atoms. The van der Waals surface area contributed by atoms with Gasteiger partial charge in [0.25, 0.3) is 0 Å². The quantitative estimate of drug-likeness (QED) is 0.356. The van der Waals surface area contributed by atoms with Gasteiger partial charge in [-0.3, -0.25) is 0 Å². The Hall–Kier alpha value is 0.382. The SMILES string of the molecule is O.O.O.O.O.O.O.[Pd]. The Morgan fingerprint density at radius 2 is 0.250 bits per heavy atom. The van der Waals surface area contributed by atoms with Gasteiger partial charge in [-0.05, 0) is 0 Å². The van der Waals surface area contributed by atoms with Gasteiger partial charge in [0.2, 0.25) is 0 Å². The monoisotopic (exact) mass is 232 g/mol. The summed E-state index contributed by atoms with van der Waals surface area (Å²) in [6.45, 7) is 0. The minimum Gasteiger partial charge on any atom is -0.412 e. The molecule has 0 aromatic carbocycles. The van der Waals surface area contributed by atoms with Crippen LogP contribution in [0.15, 0.2) is 0 Å². The van der Waals surface area contributed by atoms with Crippen LogP contribution >= 0.6 is 0 Å². The van der Waals surface area contributed by atoms with E-state index in [0.717, 1.165) is 0 Å². The molecule has 0 aromatic rings. The smallest absolute Gasteiger partial charge is 0 e. The third-order valence-electron chi connectivity index (χ3n) is 0. The fraction of sp³-hybridized carbons (Fsp3) is 0. The van der Waals surface area contributed by atoms with Crippen molar-refractivity contribution in [2.75, 3.05) is 0 Å². The molecule has 0 spiro atoms. The van der Waals surface area contributed by atoms with Crippen LogP contribution in [0.3, 0.4) is 0 Å². The van der Waals surface area contributed by atoms with Crippen LogP contribution < -0.4 is 0 Å². The van der Waals surface area contributed by atoms with E-state index in [1.54, 1.807) is 0 Å².